The second kappa shape index (κ2) is 10.00. The van der Waals surface area contributed by atoms with E-state index in [4.69, 9.17) is 0 Å². The van der Waals surface area contributed by atoms with Gasteiger partial charge in [0.05, 0.1) is 0 Å². The first-order chi connectivity index (χ1) is 9.78. The Morgan fingerprint density at radius 3 is 2.71 bits per heavy atom. The maximum Gasteiger partial charge on any atom is 0.191 e. The molecule has 0 spiro atoms. The number of benzene rings is 1. The molecule has 5 heteroatoms. The number of nitrogens with zero attached hydrogens (tertiary/aromatic N) is 2. The van der Waals surface area contributed by atoms with Crippen LogP contribution in [0.4, 0.5) is 0 Å². The predicted octanol–water partition coefficient (Wildman–Crippen LogP) is 2.31. The predicted molar refractivity (Wildman–Crippen MR) is 100 cm³/mol. The van der Waals surface area contributed by atoms with Crippen molar-refractivity contribution in [3.63, 3.8) is 0 Å². The van der Waals surface area contributed by atoms with Crippen molar-refractivity contribution in [2.45, 2.75) is 19.4 Å². The molecule has 2 rings (SSSR count). The van der Waals surface area contributed by atoms with Crippen LogP contribution in [0.3, 0.4) is 0 Å². The van der Waals surface area contributed by atoms with Crippen molar-refractivity contribution in [1.82, 2.24) is 15.5 Å². The van der Waals surface area contributed by atoms with Gasteiger partial charge in [0.1, 0.15) is 0 Å². The molecule has 21 heavy (non-hydrogen) atoms. The average molecular weight is 402 g/mol. The van der Waals surface area contributed by atoms with Crippen molar-refractivity contribution in [2.24, 2.45) is 10.9 Å². The molecule has 1 unspecified atom stereocenters. The Morgan fingerprint density at radius 1 is 1.29 bits per heavy atom. The van der Waals surface area contributed by atoms with Crippen molar-refractivity contribution in [2.75, 3.05) is 33.7 Å². The minimum absolute atomic E-state index is 0. The molecular weight excluding hydrogens is 375 g/mol. The summed E-state index contributed by atoms with van der Waals surface area (Å²) in [5.74, 6) is 1.62. The zero-order chi connectivity index (χ0) is 14.2. The Hall–Kier alpha value is -0.820. The molecule has 0 radical (unpaired) electrons. The Morgan fingerprint density at radius 2 is 2.05 bits per heavy atom. The highest BCUT2D eigenvalue weighted by molar-refractivity contribution is 14.0. The SMILES string of the molecule is CN=C(NCc1ccccc1)NCC1CCCN(C)C1.I. The van der Waals surface area contributed by atoms with Crippen LogP contribution in [0.5, 0.6) is 0 Å². The number of hydrogen-bond acceptors (Lipinski definition) is 2. The van der Waals surface area contributed by atoms with Crippen LogP contribution in [0.25, 0.3) is 0 Å². The Labute approximate surface area is 145 Å². The fraction of sp³-hybridized carbons (Fsp3) is 0.562. The molecule has 1 saturated heterocycles. The van der Waals surface area contributed by atoms with Crippen LogP contribution < -0.4 is 10.6 Å². The highest BCUT2D eigenvalue weighted by Gasteiger charge is 2.17. The quantitative estimate of drug-likeness (QED) is 0.461. The molecule has 0 aromatic heterocycles. The van der Waals surface area contributed by atoms with Crippen LogP contribution in [0.1, 0.15) is 18.4 Å². The van der Waals surface area contributed by atoms with Crippen molar-refractivity contribution >= 4 is 29.9 Å². The zero-order valence-corrected chi connectivity index (χ0v) is 15.3. The molecule has 1 fully saturated rings. The summed E-state index contributed by atoms with van der Waals surface area (Å²) in [6.45, 7) is 4.23. The normalized spacial score (nSPS) is 19.7. The van der Waals surface area contributed by atoms with Crippen molar-refractivity contribution in [1.29, 1.82) is 0 Å². The first kappa shape index (κ1) is 18.2. The number of piperidine rings is 1. The molecular formula is C16H27IN4. The minimum atomic E-state index is 0. The summed E-state index contributed by atoms with van der Waals surface area (Å²) in [6.07, 6.45) is 2.62. The summed E-state index contributed by atoms with van der Waals surface area (Å²) in [5.41, 5.74) is 1.27. The third-order valence-corrected chi connectivity index (χ3v) is 3.81. The third kappa shape index (κ3) is 6.65. The van der Waals surface area contributed by atoms with Gasteiger partial charge in [0, 0.05) is 26.7 Å². The highest BCUT2D eigenvalue weighted by atomic mass is 127. The largest absolute Gasteiger partial charge is 0.356 e. The average Bonchev–Trinajstić information content (AvgIpc) is 2.48. The van der Waals surface area contributed by atoms with Gasteiger partial charge in [0.2, 0.25) is 0 Å². The van der Waals surface area contributed by atoms with E-state index >= 15 is 0 Å². The van der Waals surface area contributed by atoms with E-state index in [1.165, 1.54) is 31.5 Å². The second-order valence-corrected chi connectivity index (χ2v) is 5.56. The maximum absolute atomic E-state index is 4.29. The van der Waals surface area contributed by atoms with Gasteiger partial charge in [-0.25, -0.2) is 0 Å². The number of aliphatic imine (C=N–C) groups is 1. The summed E-state index contributed by atoms with van der Waals surface area (Å²) in [4.78, 5) is 6.70. The van der Waals surface area contributed by atoms with Crippen LogP contribution >= 0.6 is 24.0 Å². The molecule has 1 heterocycles. The molecule has 0 amide bonds. The minimum Gasteiger partial charge on any atom is -0.356 e. The first-order valence-electron chi connectivity index (χ1n) is 7.45. The van der Waals surface area contributed by atoms with Crippen LogP contribution in [0.2, 0.25) is 0 Å². The lowest BCUT2D eigenvalue weighted by atomic mass is 9.99. The lowest BCUT2D eigenvalue weighted by Crippen LogP contribution is -2.43. The van der Waals surface area contributed by atoms with Gasteiger partial charge in [-0.05, 0) is 37.9 Å². The molecule has 0 aliphatic carbocycles. The molecule has 0 saturated carbocycles. The molecule has 1 aliphatic rings. The van der Waals surface area contributed by atoms with E-state index in [-0.39, 0.29) is 24.0 Å². The fourth-order valence-electron chi connectivity index (χ4n) is 2.68. The van der Waals surface area contributed by atoms with E-state index in [0.29, 0.717) is 0 Å². The van der Waals surface area contributed by atoms with Crippen molar-refractivity contribution in [3.05, 3.63) is 35.9 Å². The van der Waals surface area contributed by atoms with E-state index in [2.05, 4.69) is 51.8 Å². The molecule has 0 bridgehead atoms. The van der Waals surface area contributed by atoms with E-state index in [0.717, 1.165) is 25.0 Å². The van der Waals surface area contributed by atoms with Gasteiger partial charge in [-0.15, -0.1) is 24.0 Å². The van der Waals surface area contributed by atoms with Crippen LogP contribution in [0.15, 0.2) is 35.3 Å². The van der Waals surface area contributed by atoms with Crippen LogP contribution in [-0.2, 0) is 6.54 Å². The smallest absolute Gasteiger partial charge is 0.191 e. The van der Waals surface area contributed by atoms with Crippen molar-refractivity contribution < 1.29 is 0 Å². The van der Waals surface area contributed by atoms with Crippen LogP contribution in [0, 0.1) is 5.92 Å². The van der Waals surface area contributed by atoms with E-state index in [1.54, 1.807) is 0 Å². The third-order valence-electron chi connectivity index (χ3n) is 3.81. The molecule has 1 aromatic rings. The Balaban J connectivity index is 0.00000220. The van der Waals surface area contributed by atoms with E-state index < -0.39 is 0 Å². The summed E-state index contributed by atoms with van der Waals surface area (Å²) in [6, 6.07) is 10.4. The molecule has 4 nitrogen and oxygen atoms in total. The van der Waals surface area contributed by atoms with Gasteiger partial charge in [0.15, 0.2) is 5.96 Å². The first-order valence-corrected chi connectivity index (χ1v) is 7.45. The topological polar surface area (TPSA) is 39.7 Å². The van der Waals surface area contributed by atoms with E-state index in [1.807, 2.05) is 13.1 Å². The van der Waals surface area contributed by atoms with Gasteiger partial charge in [-0.2, -0.15) is 0 Å². The monoisotopic (exact) mass is 402 g/mol. The Kier molecular flexibility index (Phi) is 8.68. The summed E-state index contributed by atoms with van der Waals surface area (Å²) in [5, 5.41) is 6.80. The molecule has 1 aliphatic heterocycles. The maximum atomic E-state index is 4.29. The van der Waals surface area contributed by atoms with Gasteiger partial charge in [-0.3, -0.25) is 4.99 Å². The second-order valence-electron chi connectivity index (χ2n) is 5.56. The van der Waals surface area contributed by atoms with E-state index in [9.17, 15) is 0 Å². The lowest BCUT2D eigenvalue weighted by molar-refractivity contribution is 0.210. The number of likely N-dealkylation sites (tertiary alicyclic amines) is 1. The Bertz CT molecular complexity index is 422. The molecule has 2 N–H and O–H groups in total. The van der Waals surface area contributed by atoms with Gasteiger partial charge in [0.25, 0.3) is 0 Å². The number of hydrogen-bond donors (Lipinski definition) is 2. The molecule has 1 aromatic carbocycles. The number of guanidine groups is 1. The number of halogens is 1. The highest BCUT2D eigenvalue weighted by Crippen LogP contribution is 2.13. The summed E-state index contributed by atoms with van der Waals surface area (Å²) >= 11 is 0. The number of rotatable bonds is 4. The van der Waals surface area contributed by atoms with Crippen molar-refractivity contribution in [3.8, 4) is 0 Å². The standard InChI is InChI=1S/C16H26N4.HI/c1-17-16(18-11-14-7-4-3-5-8-14)19-12-15-9-6-10-20(2)13-15;/h3-5,7-8,15H,6,9-13H2,1-2H3,(H2,17,18,19);1H. The molecule has 118 valence electrons. The lowest BCUT2D eigenvalue weighted by Gasteiger charge is -2.30. The number of nitrogens with one attached hydrogen (secondary N) is 2. The molecule has 1 atom stereocenters. The zero-order valence-electron chi connectivity index (χ0n) is 13.0. The van der Waals surface area contributed by atoms with Gasteiger partial charge in [-0.1, -0.05) is 30.3 Å². The van der Waals surface area contributed by atoms with Crippen LogP contribution in [-0.4, -0.2) is 44.6 Å². The summed E-state index contributed by atoms with van der Waals surface area (Å²) < 4.78 is 0. The van der Waals surface area contributed by atoms with Gasteiger partial charge < -0.3 is 15.5 Å². The fourth-order valence-corrected chi connectivity index (χ4v) is 2.68. The summed E-state index contributed by atoms with van der Waals surface area (Å²) in [7, 11) is 4.03. The van der Waals surface area contributed by atoms with Gasteiger partial charge >= 0.3 is 0 Å².